The number of benzene rings is 1. The van der Waals surface area contributed by atoms with Gasteiger partial charge in [0.15, 0.2) is 0 Å². The van der Waals surface area contributed by atoms with Crippen molar-refractivity contribution < 1.29 is 4.74 Å². The molecule has 0 radical (unpaired) electrons. The molecule has 1 aromatic carbocycles. The monoisotopic (exact) mass is 229 g/mol. The van der Waals surface area contributed by atoms with Crippen LogP contribution >= 0.6 is 0 Å². The van der Waals surface area contributed by atoms with Gasteiger partial charge in [-0.2, -0.15) is 0 Å². The Hall–Kier alpha value is -1.30. The zero-order valence-corrected chi connectivity index (χ0v) is 10.1. The van der Waals surface area contributed by atoms with Crippen molar-refractivity contribution in [3.05, 3.63) is 35.4 Å². The Kier molecular flexibility index (Phi) is 4.61. The van der Waals surface area contributed by atoms with Crippen LogP contribution in [0.25, 0.3) is 0 Å². The van der Waals surface area contributed by atoms with Gasteiger partial charge in [-0.15, -0.1) is 0 Å². The van der Waals surface area contributed by atoms with Crippen LogP contribution in [0.3, 0.4) is 0 Å². The van der Waals surface area contributed by atoms with E-state index in [1.807, 2.05) is 18.2 Å². The van der Waals surface area contributed by atoms with Crippen molar-refractivity contribution in [2.75, 3.05) is 13.2 Å². The third-order valence-electron chi connectivity index (χ3n) is 2.97. The summed E-state index contributed by atoms with van der Waals surface area (Å²) in [6, 6.07) is 8.10. The maximum atomic E-state index is 5.69. The molecule has 2 nitrogen and oxygen atoms in total. The maximum Gasteiger partial charge on any atom is 0.0728 e. The van der Waals surface area contributed by atoms with Crippen LogP contribution in [0.15, 0.2) is 24.3 Å². The third-order valence-corrected chi connectivity index (χ3v) is 2.97. The Balaban J connectivity index is 1.84. The quantitative estimate of drug-likeness (QED) is 0.621. The van der Waals surface area contributed by atoms with E-state index in [1.54, 1.807) is 0 Å². The molecular weight excluding hydrogens is 210 g/mol. The largest absolute Gasteiger partial charge is 0.377 e. The molecule has 1 fully saturated rings. The van der Waals surface area contributed by atoms with Gasteiger partial charge in [-0.25, -0.2) is 0 Å². The van der Waals surface area contributed by atoms with E-state index < -0.39 is 0 Å². The van der Waals surface area contributed by atoms with Crippen LogP contribution in [-0.2, 0) is 11.3 Å². The van der Waals surface area contributed by atoms with Gasteiger partial charge in [0.1, 0.15) is 0 Å². The Morgan fingerprint density at radius 1 is 1.29 bits per heavy atom. The first-order chi connectivity index (χ1) is 8.40. The lowest BCUT2D eigenvalue weighted by Crippen LogP contribution is -1.99. The van der Waals surface area contributed by atoms with Crippen molar-refractivity contribution >= 4 is 0 Å². The van der Waals surface area contributed by atoms with E-state index in [0.29, 0.717) is 13.2 Å². The summed E-state index contributed by atoms with van der Waals surface area (Å²) in [4.78, 5) is 0. The fraction of sp³-hybridized carbons (Fsp3) is 0.467. The molecule has 0 aromatic heterocycles. The van der Waals surface area contributed by atoms with E-state index in [0.717, 1.165) is 23.7 Å². The second-order valence-corrected chi connectivity index (χ2v) is 4.45. The molecule has 1 saturated carbocycles. The summed E-state index contributed by atoms with van der Waals surface area (Å²) in [6.45, 7) is 1.92. The molecule has 2 rings (SSSR count). The number of rotatable bonds is 5. The number of hydrogen-bond acceptors (Lipinski definition) is 2. The van der Waals surface area contributed by atoms with Crippen molar-refractivity contribution in [3.63, 3.8) is 0 Å². The molecule has 0 aliphatic heterocycles. The van der Waals surface area contributed by atoms with E-state index in [9.17, 15) is 0 Å². The lowest BCUT2D eigenvalue weighted by atomic mass is 10.1. The zero-order valence-electron chi connectivity index (χ0n) is 10.1. The average Bonchev–Trinajstić information content (AvgIpc) is 3.17. The molecule has 0 bridgehead atoms. The molecule has 90 valence electrons. The van der Waals surface area contributed by atoms with E-state index in [1.165, 1.54) is 19.3 Å². The molecule has 0 heterocycles. The fourth-order valence-corrected chi connectivity index (χ4v) is 1.75. The van der Waals surface area contributed by atoms with Gasteiger partial charge in [0.05, 0.1) is 13.2 Å². The number of hydrogen-bond donors (Lipinski definition) is 1. The van der Waals surface area contributed by atoms with Crippen molar-refractivity contribution in [2.45, 2.75) is 25.9 Å². The van der Waals surface area contributed by atoms with Crippen molar-refractivity contribution in [1.29, 1.82) is 0 Å². The minimum Gasteiger partial charge on any atom is -0.377 e. The van der Waals surface area contributed by atoms with Gasteiger partial charge < -0.3 is 10.5 Å². The number of nitrogens with two attached hydrogens (primary N) is 1. The Morgan fingerprint density at radius 2 is 2.12 bits per heavy atom. The van der Waals surface area contributed by atoms with Crippen LogP contribution in [0, 0.1) is 17.8 Å². The lowest BCUT2D eigenvalue weighted by molar-refractivity contribution is 0.115. The zero-order chi connectivity index (χ0) is 11.9. The lowest BCUT2D eigenvalue weighted by Gasteiger charge is -2.06. The maximum absolute atomic E-state index is 5.69. The van der Waals surface area contributed by atoms with Gasteiger partial charge in [-0.05, 0) is 24.0 Å². The van der Waals surface area contributed by atoms with E-state index in [2.05, 4.69) is 17.9 Å². The summed E-state index contributed by atoms with van der Waals surface area (Å²) >= 11 is 0. The molecule has 0 saturated heterocycles. The van der Waals surface area contributed by atoms with Crippen LogP contribution in [0.4, 0.5) is 0 Å². The van der Waals surface area contributed by atoms with E-state index in [-0.39, 0.29) is 0 Å². The van der Waals surface area contributed by atoms with Crippen LogP contribution < -0.4 is 5.73 Å². The minimum atomic E-state index is 0.400. The summed E-state index contributed by atoms with van der Waals surface area (Å²) in [5, 5.41) is 0. The van der Waals surface area contributed by atoms with Crippen molar-refractivity contribution in [1.82, 2.24) is 0 Å². The molecule has 17 heavy (non-hydrogen) atoms. The van der Waals surface area contributed by atoms with Crippen LogP contribution in [0.1, 0.15) is 30.4 Å². The first kappa shape index (κ1) is 12.2. The third kappa shape index (κ3) is 4.22. The highest BCUT2D eigenvalue weighted by Gasteiger charge is 2.20. The first-order valence-corrected chi connectivity index (χ1v) is 6.24. The molecule has 2 heteroatoms. The normalized spacial score (nSPS) is 14.2. The SMILES string of the molecule is NCC#Cc1ccccc1COCCC1CC1. The smallest absolute Gasteiger partial charge is 0.0728 e. The Morgan fingerprint density at radius 3 is 2.88 bits per heavy atom. The topological polar surface area (TPSA) is 35.2 Å². The van der Waals surface area contributed by atoms with Gasteiger partial charge >= 0.3 is 0 Å². The molecular formula is C15H19NO. The first-order valence-electron chi connectivity index (χ1n) is 6.24. The van der Waals surface area contributed by atoms with Gasteiger partial charge in [-0.1, -0.05) is 42.9 Å². The van der Waals surface area contributed by atoms with Crippen molar-refractivity contribution in [2.24, 2.45) is 11.7 Å². The predicted octanol–water partition coefficient (Wildman–Crippen LogP) is 2.31. The van der Waals surface area contributed by atoms with E-state index >= 15 is 0 Å². The van der Waals surface area contributed by atoms with E-state index in [4.69, 9.17) is 10.5 Å². The van der Waals surface area contributed by atoms with Gasteiger partial charge in [0.2, 0.25) is 0 Å². The van der Waals surface area contributed by atoms with Crippen LogP contribution in [0.5, 0.6) is 0 Å². The second-order valence-electron chi connectivity index (χ2n) is 4.45. The van der Waals surface area contributed by atoms with Gasteiger partial charge in [0.25, 0.3) is 0 Å². The molecule has 2 N–H and O–H groups in total. The molecule has 1 aliphatic carbocycles. The molecule has 0 spiro atoms. The Labute approximate surface area is 103 Å². The molecule has 1 aliphatic rings. The Bertz CT molecular complexity index is 412. The van der Waals surface area contributed by atoms with Crippen LogP contribution in [-0.4, -0.2) is 13.2 Å². The highest BCUT2D eigenvalue weighted by atomic mass is 16.5. The minimum absolute atomic E-state index is 0.400. The second kappa shape index (κ2) is 6.44. The molecule has 0 unspecified atom stereocenters. The molecule has 0 atom stereocenters. The van der Waals surface area contributed by atoms with Gasteiger partial charge in [-0.3, -0.25) is 0 Å². The predicted molar refractivity (Wildman–Crippen MR) is 69.4 cm³/mol. The molecule has 0 amide bonds. The average molecular weight is 229 g/mol. The van der Waals surface area contributed by atoms with Gasteiger partial charge in [0, 0.05) is 12.2 Å². The highest BCUT2D eigenvalue weighted by molar-refractivity contribution is 5.41. The number of ether oxygens (including phenoxy) is 1. The van der Waals surface area contributed by atoms with Crippen molar-refractivity contribution in [3.8, 4) is 11.8 Å². The molecule has 1 aromatic rings. The fourth-order valence-electron chi connectivity index (χ4n) is 1.75. The van der Waals surface area contributed by atoms with Crippen LogP contribution in [0.2, 0.25) is 0 Å². The highest BCUT2D eigenvalue weighted by Crippen LogP contribution is 2.32. The summed E-state index contributed by atoms with van der Waals surface area (Å²) in [7, 11) is 0. The summed E-state index contributed by atoms with van der Waals surface area (Å²) in [5.41, 5.74) is 7.57. The summed E-state index contributed by atoms with van der Waals surface area (Å²) in [6.07, 6.45) is 3.99. The standard InChI is InChI=1S/C15H19NO/c16-10-3-6-14-4-1-2-5-15(14)12-17-11-9-13-7-8-13/h1-2,4-5,13H,7-12,16H2. The summed E-state index contributed by atoms with van der Waals surface area (Å²) < 4.78 is 5.69. The summed E-state index contributed by atoms with van der Waals surface area (Å²) in [5.74, 6) is 6.90.